The van der Waals surface area contributed by atoms with Crippen LogP contribution in [0, 0.1) is 12.8 Å². The van der Waals surface area contributed by atoms with E-state index in [-0.39, 0.29) is 0 Å². The van der Waals surface area contributed by atoms with E-state index in [1.807, 2.05) is 30.5 Å². The fourth-order valence-corrected chi connectivity index (χ4v) is 2.20. The molecule has 0 radical (unpaired) electrons. The molecule has 0 saturated carbocycles. The van der Waals surface area contributed by atoms with Crippen LogP contribution in [0.25, 0.3) is 0 Å². The largest absolute Gasteiger partial charge is 0.457 e. The summed E-state index contributed by atoms with van der Waals surface area (Å²) in [6.07, 6.45) is 3.61. The van der Waals surface area contributed by atoms with E-state index in [1.165, 1.54) is 0 Å². The van der Waals surface area contributed by atoms with E-state index in [0.717, 1.165) is 40.2 Å². The van der Waals surface area contributed by atoms with Crippen molar-refractivity contribution in [1.82, 2.24) is 10.3 Å². The first-order valence-corrected chi connectivity index (χ1v) is 7.93. The van der Waals surface area contributed by atoms with E-state index < -0.39 is 0 Å². The van der Waals surface area contributed by atoms with E-state index in [1.54, 1.807) is 6.20 Å². The van der Waals surface area contributed by atoms with Crippen LogP contribution in [-0.2, 0) is 6.54 Å². The highest BCUT2D eigenvalue weighted by molar-refractivity contribution is 9.10. The Balaban J connectivity index is 2.10. The summed E-state index contributed by atoms with van der Waals surface area (Å²) < 4.78 is 7.09. The summed E-state index contributed by atoms with van der Waals surface area (Å²) in [7, 11) is 0. The monoisotopic (exact) mass is 348 g/mol. The first kappa shape index (κ1) is 16.0. The molecule has 1 aromatic heterocycles. The third-order valence-electron chi connectivity index (χ3n) is 3.08. The molecule has 112 valence electrons. The van der Waals surface area contributed by atoms with Crippen molar-refractivity contribution in [3.05, 3.63) is 52.3 Å². The number of hydrogen-bond acceptors (Lipinski definition) is 3. The zero-order valence-corrected chi connectivity index (χ0v) is 14.3. The molecule has 1 aromatic carbocycles. The van der Waals surface area contributed by atoms with E-state index in [2.05, 4.69) is 47.0 Å². The van der Waals surface area contributed by atoms with Crippen molar-refractivity contribution in [1.29, 1.82) is 0 Å². The first-order valence-electron chi connectivity index (χ1n) is 7.14. The zero-order valence-electron chi connectivity index (χ0n) is 12.7. The number of nitrogens with zero attached hydrogens (tertiary/aromatic N) is 1. The molecule has 0 atom stereocenters. The molecule has 0 amide bonds. The van der Waals surface area contributed by atoms with Crippen LogP contribution in [0.3, 0.4) is 0 Å². The lowest BCUT2D eigenvalue weighted by Gasteiger charge is -2.13. The Morgan fingerprint density at radius 2 is 2.10 bits per heavy atom. The quantitative estimate of drug-likeness (QED) is 0.822. The van der Waals surface area contributed by atoms with E-state index in [4.69, 9.17) is 4.74 Å². The van der Waals surface area contributed by atoms with Crippen LogP contribution in [0.5, 0.6) is 11.5 Å². The number of pyridine rings is 1. The molecule has 0 bridgehead atoms. The van der Waals surface area contributed by atoms with Crippen molar-refractivity contribution in [2.45, 2.75) is 27.3 Å². The lowest BCUT2D eigenvalue weighted by molar-refractivity contribution is 0.467. The van der Waals surface area contributed by atoms with Gasteiger partial charge in [0, 0.05) is 29.0 Å². The van der Waals surface area contributed by atoms with Gasteiger partial charge in [-0.25, -0.2) is 0 Å². The minimum Gasteiger partial charge on any atom is -0.457 e. The minimum atomic E-state index is 0.625. The van der Waals surface area contributed by atoms with Crippen molar-refractivity contribution < 1.29 is 4.74 Å². The second-order valence-electron chi connectivity index (χ2n) is 5.52. The van der Waals surface area contributed by atoms with Crippen LogP contribution in [0.4, 0.5) is 0 Å². The number of ether oxygens (including phenoxy) is 1. The summed E-state index contributed by atoms with van der Waals surface area (Å²) in [5.74, 6) is 2.31. The third kappa shape index (κ3) is 4.83. The van der Waals surface area contributed by atoms with Crippen molar-refractivity contribution in [3.8, 4) is 11.5 Å². The average Bonchev–Trinajstić information content (AvgIpc) is 2.44. The summed E-state index contributed by atoms with van der Waals surface area (Å²) in [6.45, 7) is 8.17. The smallest absolute Gasteiger partial charge is 0.134 e. The maximum atomic E-state index is 6.00. The molecular formula is C17H21BrN2O. The van der Waals surface area contributed by atoms with Crippen molar-refractivity contribution in [2.24, 2.45) is 5.92 Å². The molecule has 0 aliphatic carbocycles. The van der Waals surface area contributed by atoms with Crippen molar-refractivity contribution >= 4 is 15.9 Å². The topological polar surface area (TPSA) is 34.1 Å². The third-order valence-corrected chi connectivity index (χ3v) is 3.97. The molecule has 4 heteroatoms. The van der Waals surface area contributed by atoms with Crippen molar-refractivity contribution in [3.63, 3.8) is 0 Å². The van der Waals surface area contributed by atoms with Crippen LogP contribution in [-0.4, -0.2) is 11.5 Å². The number of rotatable bonds is 6. The van der Waals surface area contributed by atoms with Crippen LogP contribution in [0.2, 0.25) is 0 Å². The molecule has 0 aliphatic heterocycles. The second kappa shape index (κ2) is 7.57. The molecule has 21 heavy (non-hydrogen) atoms. The molecule has 0 fully saturated rings. The van der Waals surface area contributed by atoms with Gasteiger partial charge in [0.1, 0.15) is 11.5 Å². The number of hydrogen-bond donors (Lipinski definition) is 1. The molecule has 1 heterocycles. The fourth-order valence-electron chi connectivity index (χ4n) is 1.95. The van der Waals surface area contributed by atoms with Gasteiger partial charge in [0.05, 0.1) is 0 Å². The van der Waals surface area contributed by atoms with Gasteiger partial charge in [-0.05, 0) is 49.2 Å². The Hall–Kier alpha value is -1.39. The highest BCUT2D eigenvalue weighted by Crippen LogP contribution is 2.28. The van der Waals surface area contributed by atoms with Gasteiger partial charge in [-0.2, -0.15) is 0 Å². The molecule has 2 aromatic rings. The molecule has 2 rings (SSSR count). The summed E-state index contributed by atoms with van der Waals surface area (Å²) in [4.78, 5) is 4.19. The SMILES string of the molecule is Cc1cc(Oc2ccncc2CNCC(C)C)ccc1Br. The summed E-state index contributed by atoms with van der Waals surface area (Å²) >= 11 is 3.50. The standard InChI is InChI=1S/C17H21BrN2O/c1-12(2)9-20-11-14-10-19-7-6-17(14)21-15-4-5-16(18)13(3)8-15/h4-8,10,12,20H,9,11H2,1-3H3. The first-order chi connectivity index (χ1) is 10.1. The van der Waals surface area contributed by atoms with Gasteiger partial charge in [0.25, 0.3) is 0 Å². The molecule has 0 aliphatic rings. The molecule has 0 spiro atoms. The fraction of sp³-hybridized carbons (Fsp3) is 0.353. The highest BCUT2D eigenvalue weighted by atomic mass is 79.9. The van der Waals surface area contributed by atoms with Gasteiger partial charge in [0.15, 0.2) is 0 Å². The second-order valence-corrected chi connectivity index (χ2v) is 6.38. The Kier molecular flexibility index (Phi) is 5.76. The van der Waals surface area contributed by atoms with E-state index in [9.17, 15) is 0 Å². The summed E-state index contributed by atoms with van der Waals surface area (Å²) in [6, 6.07) is 7.89. The maximum Gasteiger partial charge on any atom is 0.134 e. The van der Waals surface area contributed by atoms with Crippen molar-refractivity contribution in [2.75, 3.05) is 6.54 Å². The molecule has 3 nitrogen and oxygen atoms in total. The Morgan fingerprint density at radius 3 is 2.81 bits per heavy atom. The predicted octanol–water partition coefficient (Wildman–Crippen LogP) is 4.69. The van der Waals surface area contributed by atoms with Gasteiger partial charge in [-0.1, -0.05) is 29.8 Å². The zero-order chi connectivity index (χ0) is 15.2. The molecule has 0 unspecified atom stereocenters. The van der Waals surface area contributed by atoms with Crippen LogP contribution < -0.4 is 10.1 Å². The van der Waals surface area contributed by atoms with Gasteiger partial charge < -0.3 is 10.1 Å². The molecule has 1 N–H and O–H groups in total. The number of aromatic nitrogens is 1. The Bertz CT molecular complexity index is 599. The van der Waals surface area contributed by atoms with Gasteiger partial charge in [0.2, 0.25) is 0 Å². The summed E-state index contributed by atoms with van der Waals surface area (Å²) in [5, 5.41) is 3.42. The normalized spacial score (nSPS) is 10.9. The number of nitrogens with one attached hydrogen (secondary N) is 1. The van der Waals surface area contributed by atoms with Gasteiger partial charge in [-0.15, -0.1) is 0 Å². The minimum absolute atomic E-state index is 0.625. The van der Waals surface area contributed by atoms with Crippen LogP contribution >= 0.6 is 15.9 Å². The molecular weight excluding hydrogens is 328 g/mol. The maximum absolute atomic E-state index is 6.00. The van der Waals surface area contributed by atoms with E-state index in [0.29, 0.717) is 5.92 Å². The van der Waals surface area contributed by atoms with Gasteiger partial charge >= 0.3 is 0 Å². The van der Waals surface area contributed by atoms with Crippen LogP contribution in [0.1, 0.15) is 25.0 Å². The lowest BCUT2D eigenvalue weighted by Crippen LogP contribution is -2.19. The summed E-state index contributed by atoms with van der Waals surface area (Å²) in [5.41, 5.74) is 2.22. The number of halogens is 1. The predicted molar refractivity (Wildman–Crippen MR) is 89.7 cm³/mol. The molecule has 0 saturated heterocycles. The van der Waals surface area contributed by atoms with Gasteiger partial charge in [-0.3, -0.25) is 4.98 Å². The number of aryl methyl sites for hydroxylation is 1. The lowest BCUT2D eigenvalue weighted by atomic mass is 10.2. The number of benzene rings is 1. The van der Waals surface area contributed by atoms with Crippen LogP contribution in [0.15, 0.2) is 41.1 Å². The Morgan fingerprint density at radius 1 is 1.29 bits per heavy atom. The van der Waals surface area contributed by atoms with E-state index >= 15 is 0 Å². The highest BCUT2D eigenvalue weighted by Gasteiger charge is 2.06. The average molecular weight is 349 g/mol. The Labute approximate surface area is 134 Å².